The Bertz CT molecular complexity index is 1520. The van der Waals surface area contributed by atoms with E-state index >= 15 is 0 Å². The molecular formula is C28H26N2O5. The minimum atomic E-state index is -0.737. The van der Waals surface area contributed by atoms with E-state index in [2.05, 4.69) is 4.98 Å². The van der Waals surface area contributed by atoms with Crippen molar-refractivity contribution in [1.29, 1.82) is 0 Å². The molecule has 2 aromatic heterocycles. The van der Waals surface area contributed by atoms with Gasteiger partial charge in [0.15, 0.2) is 16.9 Å². The summed E-state index contributed by atoms with van der Waals surface area (Å²) in [5, 5.41) is 0.446. The Morgan fingerprint density at radius 2 is 1.77 bits per heavy atom. The Morgan fingerprint density at radius 3 is 2.46 bits per heavy atom. The topological polar surface area (TPSA) is 81.9 Å². The van der Waals surface area contributed by atoms with Crippen LogP contribution in [0.1, 0.15) is 51.3 Å². The highest BCUT2D eigenvalue weighted by molar-refractivity contribution is 6.10. The largest absolute Gasteiger partial charge is 0.493 e. The summed E-state index contributed by atoms with van der Waals surface area (Å²) >= 11 is 0. The average molecular weight is 471 g/mol. The zero-order chi connectivity index (χ0) is 24.9. The number of aryl methyl sites for hydroxylation is 3. The molecule has 1 amide bonds. The third kappa shape index (κ3) is 3.64. The van der Waals surface area contributed by atoms with Crippen molar-refractivity contribution in [3.8, 4) is 11.5 Å². The molecule has 5 rings (SSSR count). The van der Waals surface area contributed by atoms with Crippen LogP contribution < -0.4 is 19.8 Å². The van der Waals surface area contributed by atoms with Gasteiger partial charge in [-0.05, 0) is 80.3 Å². The molecular weight excluding hydrogens is 444 g/mol. The molecule has 0 aliphatic carbocycles. The van der Waals surface area contributed by atoms with E-state index in [0.717, 1.165) is 16.7 Å². The number of pyridine rings is 1. The molecule has 0 spiro atoms. The molecule has 1 atom stereocenters. The summed E-state index contributed by atoms with van der Waals surface area (Å²) in [4.78, 5) is 33.6. The number of ether oxygens (including phenoxy) is 2. The van der Waals surface area contributed by atoms with Crippen molar-refractivity contribution in [1.82, 2.24) is 4.98 Å². The van der Waals surface area contributed by atoms with Gasteiger partial charge in [0, 0.05) is 6.20 Å². The number of rotatable bonds is 5. The van der Waals surface area contributed by atoms with Gasteiger partial charge >= 0.3 is 0 Å². The van der Waals surface area contributed by atoms with Gasteiger partial charge < -0.3 is 13.9 Å². The molecule has 1 unspecified atom stereocenters. The molecule has 0 radical (unpaired) electrons. The average Bonchev–Trinajstić information content (AvgIpc) is 3.14. The van der Waals surface area contributed by atoms with E-state index in [4.69, 9.17) is 13.9 Å². The second kappa shape index (κ2) is 8.58. The highest BCUT2D eigenvalue weighted by Crippen LogP contribution is 2.43. The lowest BCUT2D eigenvalue weighted by Gasteiger charge is -2.25. The molecule has 35 heavy (non-hydrogen) atoms. The Morgan fingerprint density at radius 1 is 1.00 bits per heavy atom. The van der Waals surface area contributed by atoms with Crippen molar-refractivity contribution in [3.63, 3.8) is 0 Å². The van der Waals surface area contributed by atoms with Crippen molar-refractivity contribution < 1.29 is 18.7 Å². The molecule has 0 bridgehead atoms. The molecule has 0 saturated heterocycles. The zero-order valence-electron chi connectivity index (χ0n) is 20.3. The fourth-order valence-electron chi connectivity index (χ4n) is 4.51. The second-order valence-corrected chi connectivity index (χ2v) is 8.72. The molecule has 2 aromatic carbocycles. The summed E-state index contributed by atoms with van der Waals surface area (Å²) in [6.07, 6.45) is 1.69. The highest BCUT2D eigenvalue weighted by Gasteiger charge is 2.44. The minimum Gasteiger partial charge on any atom is -0.493 e. The highest BCUT2D eigenvalue weighted by atomic mass is 16.5. The van der Waals surface area contributed by atoms with E-state index in [1.54, 1.807) is 37.6 Å². The zero-order valence-corrected chi connectivity index (χ0v) is 20.3. The monoisotopic (exact) mass is 470 g/mol. The second-order valence-electron chi connectivity index (χ2n) is 8.72. The fraction of sp³-hybridized carbons (Fsp3) is 0.250. The lowest BCUT2D eigenvalue weighted by atomic mass is 9.97. The number of nitrogens with zero attached hydrogens (tertiary/aromatic N) is 2. The van der Waals surface area contributed by atoms with Crippen LogP contribution in [0.25, 0.3) is 11.0 Å². The number of amides is 1. The predicted octanol–water partition coefficient (Wildman–Crippen LogP) is 5.27. The Labute approximate surface area is 202 Å². The maximum atomic E-state index is 13.9. The standard InChI is InChI=1S/C28H26N2O5/c1-6-34-20-9-8-18(13-22(20)33-5)25-24-26(31)19-11-16(3)17(4)12-21(19)35-27(24)28(32)30(25)23-10-7-15(2)14-29-23/h7-14,25H,6H2,1-5H3. The summed E-state index contributed by atoms with van der Waals surface area (Å²) in [5.41, 5.74) is 4.07. The molecule has 1 aliphatic heterocycles. The number of aromatic nitrogens is 1. The van der Waals surface area contributed by atoms with E-state index in [1.165, 1.54) is 4.90 Å². The molecule has 7 heteroatoms. The van der Waals surface area contributed by atoms with Crippen molar-refractivity contribution >= 4 is 22.7 Å². The summed E-state index contributed by atoms with van der Waals surface area (Å²) in [7, 11) is 1.56. The minimum absolute atomic E-state index is 0.0333. The van der Waals surface area contributed by atoms with Crippen molar-refractivity contribution in [2.75, 3.05) is 18.6 Å². The number of hydrogen-bond acceptors (Lipinski definition) is 6. The van der Waals surface area contributed by atoms with E-state index < -0.39 is 11.9 Å². The van der Waals surface area contributed by atoms with Crippen molar-refractivity contribution in [2.24, 2.45) is 0 Å². The first-order valence-electron chi connectivity index (χ1n) is 11.5. The normalized spacial score (nSPS) is 14.9. The maximum absolute atomic E-state index is 13.9. The quantitative estimate of drug-likeness (QED) is 0.395. The first kappa shape index (κ1) is 22.7. The van der Waals surface area contributed by atoms with Crippen LogP contribution in [0.3, 0.4) is 0 Å². The van der Waals surface area contributed by atoms with Gasteiger partial charge in [0.2, 0.25) is 5.76 Å². The summed E-state index contributed by atoms with van der Waals surface area (Å²) in [5.74, 6) is 1.15. The SMILES string of the molecule is CCOc1ccc(C2c3c(oc4cc(C)c(C)cc4c3=O)C(=O)N2c2ccc(C)cn2)cc1OC. The number of hydrogen-bond donors (Lipinski definition) is 0. The molecule has 7 nitrogen and oxygen atoms in total. The number of carbonyl (C=O) groups is 1. The van der Waals surface area contributed by atoms with Crippen LogP contribution in [0.2, 0.25) is 0 Å². The first-order valence-corrected chi connectivity index (χ1v) is 11.5. The van der Waals surface area contributed by atoms with Gasteiger partial charge in [0.1, 0.15) is 11.4 Å². The van der Waals surface area contributed by atoms with Gasteiger partial charge in [-0.3, -0.25) is 14.5 Å². The van der Waals surface area contributed by atoms with Gasteiger partial charge in [0.25, 0.3) is 5.91 Å². The Hall–Kier alpha value is -4.13. The number of anilines is 1. The van der Waals surface area contributed by atoms with Gasteiger partial charge in [-0.15, -0.1) is 0 Å². The van der Waals surface area contributed by atoms with Crippen LogP contribution in [-0.2, 0) is 0 Å². The Balaban J connectivity index is 1.79. The number of fused-ring (bicyclic) bond motifs is 2. The van der Waals surface area contributed by atoms with Crippen LogP contribution in [-0.4, -0.2) is 24.6 Å². The molecule has 0 fully saturated rings. The van der Waals surface area contributed by atoms with Gasteiger partial charge in [-0.25, -0.2) is 4.98 Å². The molecule has 4 aromatic rings. The van der Waals surface area contributed by atoms with Crippen LogP contribution >= 0.6 is 0 Å². The smallest absolute Gasteiger partial charge is 0.296 e. The molecule has 0 N–H and O–H groups in total. The fourth-order valence-corrected chi connectivity index (χ4v) is 4.51. The van der Waals surface area contributed by atoms with E-state index in [9.17, 15) is 9.59 Å². The van der Waals surface area contributed by atoms with Crippen LogP contribution in [0.5, 0.6) is 11.5 Å². The van der Waals surface area contributed by atoms with Crippen LogP contribution in [0.15, 0.2) is 57.9 Å². The van der Waals surface area contributed by atoms with E-state index in [1.807, 2.05) is 45.9 Å². The lowest BCUT2D eigenvalue weighted by Crippen LogP contribution is -2.30. The lowest BCUT2D eigenvalue weighted by molar-refractivity contribution is 0.0970. The first-order chi connectivity index (χ1) is 16.8. The third-order valence-corrected chi connectivity index (χ3v) is 6.43. The summed E-state index contributed by atoms with van der Waals surface area (Å²) in [6.45, 7) is 8.19. The van der Waals surface area contributed by atoms with Crippen LogP contribution in [0, 0.1) is 20.8 Å². The number of carbonyl (C=O) groups excluding carboxylic acids is 1. The third-order valence-electron chi connectivity index (χ3n) is 6.43. The number of benzene rings is 2. The maximum Gasteiger partial charge on any atom is 0.296 e. The number of methoxy groups -OCH3 is 1. The molecule has 3 heterocycles. The summed E-state index contributed by atoms with van der Waals surface area (Å²) in [6, 6.07) is 12.0. The van der Waals surface area contributed by atoms with E-state index in [-0.39, 0.29) is 11.2 Å². The van der Waals surface area contributed by atoms with Gasteiger partial charge in [-0.2, -0.15) is 0 Å². The van der Waals surface area contributed by atoms with Gasteiger partial charge in [-0.1, -0.05) is 12.1 Å². The van der Waals surface area contributed by atoms with Gasteiger partial charge in [0.05, 0.1) is 30.7 Å². The Kier molecular flexibility index (Phi) is 5.55. The summed E-state index contributed by atoms with van der Waals surface area (Å²) < 4.78 is 17.3. The predicted molar refractivity (Wildman–Crippen MR) is 134 cm³/mol. The van der Waals surface area contributed by atoms with E-state index in [0.29, 0.717) is 46.0 Å². The molecule has 178 valence electrons. The molecule has 1 aliphatic rings. The van der Waals surface area contributed by atoms with Crippen LogP contribution in [0.4, 0.5) is 5.82 Å². The molecule has 0 saturated carbocycles. The van der Waals surface area contributed by atoms with Crippen molar-refractivity contribution in [2.45, 2.75) is 33.7 Å². The van der Waals surface area contributed by atoms with Crippen molar-refractivity contribution in [3.05, 3.63) is 92.5 Å².